The van der Waals surface area contributed by atoms with Gasteiger partial charge in [0, 0.05) is 22.4 Å². The van der Waals surface area contributed by atoms with Crippen LogP contribution < -0.4 is 0 Å². The van der Waals surface area contributed by atoms with Gasteiger partial charge in [0.25, 0.3) is 0 Å². The zero-order chi connectivity index (χ0) is 4.12. The zero-order valence-corrected chi connectivity index (χ0v) is 5.06. The van der Waals surface area contributed by atoms with Crippen LogP contribution >= 0.6 is 0 Å². The topological polar surface area (TPSA) is 0 Å². The van der Waals surface area contributed by atoms with E-state index in [2.05, 4.69) is 13.8 Å². The van der Waals surface area contributed by atoms with Crippen molar-refractivity contribution in [2.45, 2.75) is 6.42 Å². The molecule has 0 aliphatic carbocycles. The molecule has 6 heavy (non-hydrogen) atoms. The van der Waals surface area contributed by atoms with Crippen LogP contribution in [0.2, 0.25) is 0 Å². The van der Waals surface area contributed by atoms with Crippen LogP contribution in [0.4, 0.5) is 0 Å². The normalized spacial score (nSPS) is 8.17. The first kappa shape index (κ1) is 9.61. The SMILES string of the molecule is [Ag].[CH2-]/C=C\C[CH2-]. The molecule has 0 rings (SSSR count). The predicted molar refractivity (Wildman–Crippen MR) is 24.5 cm³/mol. The van der Waals surface area contributed by atoms with Gasteiger partial charge >= 0.3 is 0 Å². The minimum atomic E-state index is 0. The van der Waals surface area contributed by atoms with Gasteiger partial charge in [-0.1, -0.05) is 0 Å². The Bertz CT molecular complexity index is 30.9. The van der Waals surface area contributed by atoms with Crippen molar-refractivity contribution in [3.8, 4) is 0 Å². The van der Waals surface area contributed by atoms with Crippen LogP contribution in [-0.2, 0) is 22.4 Å². The number of allylic oxidation sites excluding steroid dienone is 2. The van der Waals surface area contributed by atoms with Gasteiger partial charge in [-0.15, -0.1) is 0 Å². The van der Waals surface area contributed by atoms with Crippen molar-refractivity contribution in [3.63, 3.8) is 0 Å². The van der Waals surface area contributed by atoms with E-state index < -0.39 is 0 Å². The summed E-state index contributed by atoms with van der Waals surface area (Å²) in [5, 5.41) is 0. The molecular formula is C5H8Ag-2. The van der Waals surface area contributed by atoms with Crippen LogP contribution in [-0.4, -0.2) is 0 Å². The number of rotatable bonds is 1. The number of hydrogen-bond donors (Lipinski definition) is 0. The number of hydrogen-bond acceptors (Lipinski definition) is 0. The van der Waals surface area contributed by atoms with Crippen molar-refractivity contribution >= 4 is 0 Å². The molecule has 0 unspecified atom stereocenters. The average Bonchev–Trinajstić information content (AvgIpc) is 1.41. The van der Waals surface area contributed by atoms with Crippen molar-refractivity contribution in [2.75, 3.05) is 0 Å². The van der Waals surface area contributed by atoms with Gasteiger partial charge in [0.15, 0.2) is 0 Å². The molecule has 0 amide bonds. The van der Waals surface area contributed by atoms with E-state index in [4.69, 9.17) is 0 Å². The maximum atomic E-state index is 3.55. The van der Waals surface area contributed by atoms with E-state index in [9.17, 15) is 0 Å². The molecule has 1 radical (unpaired) electrons. The van der Waals surface area contributed by atoms with Crippen LogP contribution in [0.5, 0.6) is 0 Å². The van der Waals surface area contributed by atoms with E-state index in [0.717, 1.165) is 6.42 Å². The van der Waals surface area contributed by atoms with Crippen molar-refractivity contribution in [1.82, 2.24) is 0 Å². The van der Waals surface area contributed by atoms with Crippen LogP contribution in [0.3, 0.4) is 0 Å². The van der Waals surface area contributed by atoms with E-state index in [1.165, 1.54) is 0 Å². The summed E-state index contributed by atoms with van der Waals surface area (Å²) < 4.78 is 0. The second kappa shape index (κ2) is 9.02. The largest absolute Gasteiger partial charge is 0.356 e. The second-order valence-electron chi connectivity index (χ2n) is 0.760. The first-order chi connectivity index (χ1) is 2.41. The van der Waals surface area contributed by atoms with Crippen LogP contribution in [0, 0.1) is 13.8 Å². The van der Waals surface area contributed by atoms with Gasteiger partial charge in [0.1, 0.15) is 0 Å². The Kier molecular flexibility index (Phi) is 14.4. The summed E-state index contributed by atoms with van der Waals surface area (Å²) in [4.78, 5) is 0. The molecule has 0 saturated carbocycles. The van der Waals surface area contributed by atoms with Gasteiger partial charge in [-0.05, 0) is 0 Å². The van der Waals surface area contributed by atoms with Gasteiger partial charge in [0.2, 0.25) is 0 Å². The molecule has 0 saturated heterocycles. The van der Waals surface area contributed by atoms with Crippen molar-refractivity contribution < 1.29 is 22.4 Å². The third-order valence-corrected chi connectivity index (χ3v) is 0.333. The van der Waals surface area contributed by atoms with Gasteiger partial charge in [-0.25, -0.2) is 19.4 Å². The Balaban J connectivity index is 0. The van der Waals surface area contributed by atoms with Crippen LogP contribution in [0.15, 0.2) is 12.2 Å². The van der Waals surface area contributed by atoms with E-state index in [1.54, 1.807) is 6.08 Å². The summed E-state index contributed by atoms with van der Waals surface area (Å²) in [6, 6.07) is 0. The molecule has 0 nitrogen and oxygen atoms in total. The average molecular weight is 176 g/mol. The molecule has 41 valence electrons. The Morgan fingerprint density at radius 3 is 2.00 bits per heavy atom. The van der Waals surface area contributed by atoms with Gasteiger partial charge in [0.05, 0.1) is 0 Å². The predicted octanol–water partition coefficient (Wildman–Crippen LogP) is 1.60. The van der Waals surface area contributed by atoms with Crippen LogP contribution in [0.25, 0.3) is 0 Å². The van der Waals surface area contributed by atoms with E-state index >= 15 is 0 Å². The van der Waals surface area contributed by atoms with Gasteiger partial charge in [-0.3, -0.25) is 6.08 Å². The molecule has 1 heteroatoms. The van der Waals surface area contributed by atoms with E-state index in [-0.39, 0.29) is 22.4 Å². The summed E-state index contributed by atoms with van der Waals surface area (Å²) in [6.45, 7) is 7.00. The quantitative estimate of drug-likeness (QED) is 0.420. The first-order valence-corrected chi connectivity index (χ1v) is 1.65. The minimum absolute atomic E-state index is 0. The van der Waals surface area contributed by atoms with E-state index in [1.807, 2.05) is 6.08 Å². The Morgan fingerprint density at radius 2 is 2.00 bits per heavy atom. The Labute approximate surface area is 55.1 Å². The molecule has 0 aromatic carbocycles. The summed E-state index contributed by atoms with van der Waals surface area (Å²) in [5.41, 5.74) is 0. The van der Waals surface area contributed by atoms with Crippen molar-refractivity contribution in [1.29, 1.82) is 0 Å². The summed E-state index contributed by atoms with van der Waals surface area (Å²) in [7, 11) is 0. The van der Waals surface area contributed by atoms with E-state index in [0.29, 0.717) is 0 Å². The Morgan fingerprint density at radius 1 is 1.50 bits per heavy atom. The molecule has 0 atom stereocenters. The summed E-state index contributed by atoms with van der Waals surface area (Å²) >= 11 is 0. The third-order valence-electron chi connectivity index (χ3n) is 0.333. The molecule has 0 fully saturated rings. The maximum Gasteiger partial charge on any atom is 0 e. The monoisotopic (exact) mass is 175 g/mol. The maximum absolute atomic E-state index is 3.55. The third kappa shape index (κ3) is 8.84. The Hall–Kier alpha value is 0.350. The molecule has 0 N–H and O–H groups in total. The zero-order valence-electron chi connectivity index (χ0n) is 3.58. The van der Waals surface area contributed by atoms with Crippen molar-refractivity contribution in [2.24, 2.45) is 0 Å². The smallest absolute Gasteiger partial charge is 0 e. The molecular weight excluding hydrogens is 168 g/mol. The molecule has 0 aromatic rings. The molecule has 0 bridgehead atoms. The first-order valence-electron chi connectivity index (χ1n) is 1.65. The fourth-order valence-electron chi connectivity index (χ4n) is 0.118. The summed E-state index contributed by atoms with van der Waals surface area (Å²) in [6.07, 6.45) is 4.50. The van der Waals surface area contributed by atoms with Crippen molar-refractivity contribution in [3.05, 3.63) is 26.0 Å². The minimum Gasteiger partial charge on any atom is -0.356 e. The fraction of sp³-hybridized carbons (Fsp3) is 0.200. The van der Waals surface area contributed by atoms with Gasteiger partial charge < -0.3 is 6.92 Å². The molecule has 0 aliphatic heterocycles. The molecule has 0 aliphatic rings. The molecule has 0 aromatic heterocycles. The summed E-state index contributed by atoms with van der Waals surface area (Å²) in [5.74, 6) is 0. The molecule has 0 heterocycles. The van der Waals surface area contributed by atoms with Crippen LogP contribution in [0.1, 0.15) is 6.42 Å². The standard InChI is InChI=1S/C5H8.Ag/c1-3-5-4-2;/h3,5H,1-2,4H2;/q-2;/b5-3-;. The van der Waals surface area contributed by atoms with Gasteiger partial charge in [-0.2, -0.15) is 0 Å². The molecule has 0 spiro atoms. The fourth-order valence-corrected chi connectivity index (χ4v) is 0.118. The second-order valence-corrected chi connectivity index (χ2v) is 0.760.